The van der Waals surface area contributed by atoms with Crippen LogP contribution < -0.4 is 14.4 Å². The first kappa shape index (κ1) is 31.4. The zero-order valence-electron chi connectivity index (χ0n) is 27.8. The molecule has 3 saturated heterocycles. The van der Waals surface area contributed by atoms with Gasteiger partial charge in [-0.1, -0.05) is 31.7 Å². The summed E-state index contributed by atoms with van der Waals surface area (Å²) in [6.07, 6.45) is 7.44. The second-order valence-corrected chi connectivity index (χ2v) is 14.1. The van der Waals surface area contributed by atoms with Crippen LogP contribution in [0.2, 0.25) is 0 Å². The van der Waals surface area contributed by atoms with Crippen molar-refractivity contribution in [3.05, 3.63) is 54.0 Å². The van der Waals surface area contributed by atoms with Crippen molar-refractivity contribution in [2.45, 2.75) is 63.6 Å². The minimum atomic E-state index is -0.876. The molecule has 0 radical (unpaired) electrons. The molecule has 2 bridgehead atoms. The molecule has 8 nitrogen and oxygen atoms in total. The Morgan fingerprint density at radius 2 is 1.90 bits per heavy atom. The van der Waals surface area contributed by atoms with Crippen LogP contribution in [0.3, 0.4) is 0 Å². The molecule has 2 aromatic heterocycles. The molecule has 0 amide bonds. The van der Waals surface area contributed by atoms with E-state index in [1.807, 2.05) is 24.3 Å². The maximum Gasteiger partial charge on any atom is 0.319 e. The van der Waals surface area contributed by atoms with E-state index < -0.39 is 12.0 Å². The number of pyridine rings is 1. The summed E-state index contributed by atoms with van der Waals surface area (Å²) in [5.41, 5.74) is 2.13. The normalized spacial score (nSPS) is 25.2. The fourth-order valence-corrected chi connectivity index (χ4v) is 8.98. The van der Waals surface area contributed by atoms with Crippen LogP contribution in [0.5, 0.6) is 11.8 Å². The number of halogens is 2. The van der Waals surface area contributed by atoms with Crippen molar-refractivity contribution >= 4 is 33.6 Å². The van der Waals surface area contributed by atoms with Gasteiger partial charge >= 0.3 is 6.01 Å². The van der Waals surface area contributed by atoms with Gasteiger partial charge in [-0.25, -0.2) is 13.8 Å². The van der Waals surface area contributed by atoms with Crippen molar-refractivity contribution < 1.29 is 23.0 Å². The number of ether oxygens (including phenoxy) is 3. The van der Waals surface area contributed by atoms with Crippen molar-refractivity contribution in [2.75, 3.05) is 51.6 Å². The Morgan fingerprint density at radius 1 is 1.06 bits per heavy atom. The summed E-state index contributed by atoms with van der Waals surface area (Å²) in [6, 6.07) is 9.94. The molecule has 2 aromatic carbocycles. The van der Waals surface area contributed by atoms with Crippen LogP contribution >= 0.6 is 0 Å². The number of rotatable bonds is 10. The fraction of sp³-hybridized carbons (Fsp3) is 0.500. The van der Waals surface area contributed by atoms with Crippen molar-refractivity contribution in [1.29, 1.82) is 0 Å². The molecular weight excluding hydrogens is 612 g/mol. The lowest BCUT2D eigenvalue weighted by atomic mass is 9.94. The second kappa shape index (κ2) is 12.5. The number of aryl methyl sites for hydroxylation is 1. The minimum absolute atomic E-state index is 0.0567. The van der Waals surface area contributed by atoms with Crippen LogP contribution in [0.4, 0.5) is 14.6 Å². The van der Waals surface area contributed by atoms with Gasteiger partial charge < -0.3 is 19.1 Å². The first-order valence-electron chi connectivity index (χ1n) is 17.4. The molecule has 4 atom stereocenters. The maximum atomic E-state index is 17.3. The van der Waals surface area contributed by atoms with Gasteiger partial charge in [-0.05, 0) is 91.5 Å². The number of methoxy groups -OCH3 is 1. The first-order valence-corrected chi connectivity index (χ1v) is 17.4. The van der Waals surface area contributed by atoms with Crippen LogP contribution in [0.25, 0.3) is 39.0 Å². The number of benzene rings is 2. The smallest absolute Gasteiger partial charge is 0.319 e. The van der Waals surface area contributed by atoms with Gasteiger partial charge in [-0.3, -0.25) is 4.90 Å². The third-order valence-corrected chi connectivity index (χ3v) is 11.1. The highest BCUT2D eigenvalue weighted by molar-refractivity contribution is 6.03. The fourth-order valence-electron chi connectivity index (χ4n) is 8.98. The molecule has 4 aliphatic rings. The minimum Gasteiger partial charge on any atom is -0.468 e. The lowest BCUT2D eigenvalue weighted by Gasteiger charge is -2.34. The average Bonchev–Trinajstić information content (AvgIpc) is 3.75. The molecule has 8 rings (SSSR count). The Bertz CT molecular complexity index is 1880. The second-order valence-electron chi connectivity index (χ2n) is 14.1. The molecule has 0 spiro atoms. The standard InChI is InChI=1S/C38H43F2N5O3/c1-4-25-8-6-9-26-15-28(48-22-46-3)16-29(31(25)26)34-33(40)35-32(30(5-2)41-34)36(44-18-23-10-11-24(14-23)19-44)43-37(42-35)47-21-38-12-7-13-45(38)20-27(39)17-38/h5-6,8-9,15-16,23-24,27H,2,4,7,10-14,17-22H2,1,3H3/t23?,24?,27-,38+/m1/s1. The molecule has 252 valence electrons. The van der Waals surface area contributed by atoms with Gasteiger partial charge in [0.1, 0.15) is 35.6 Å². The van der Waals surface area contributed by atoms with Crippen LogP contribution in [0.1, 0.15) is 56.7 Å². The molecule has 2 unspecified atom stereocenters. The molecule has 4 aromatic rings. The molecule has 3 aliphatic heterocycles. The van der Waals surface area contributed by atoms with Gasteiger partial charge in [0.15, 0.2) is 12.6 Å². The summed E-state index contributed by atoms with van der Waals surface area (Å²) in [7, 11) is 1.56. The van der Waals surface area contributed by atoms with E-state index in [1.54, 1.807) is 13.2 Å². The lowest BCUT2D eigenvalue weighted by molar-refractivity contribution is 0.0512. The van der Waals surface area contributed by atoms with E-state index in [-0.39, 0.29) is 36.2 Å². The average molecular weight is 656 g/mol. The quantitative estimate of drug-likeness (QED) is 0.164. The van der Waals surface area contributed by atoms with E-state index in [2.05, 4.69) is 29.4 Å². The topological polar surface area (TPSA) is 72.8 Å². The SMILES string of the molecule is C=Cc1nc(-c2cc(OCOC)cc3cccc(CC)c23)c(F)c2nc(OC[C@@]34CCCN3C[C@H](F)C4)nc(N3CC4CCC(C4)C3)c12. The summed E-state index contributed by atoms with van der Waals surface area (Å²) in [5.74, 6) is 1.77. The highest BCUT2D eigenvalue weighted by Gasteiger charge is 2.49. The molecule has 48 heavy (non-hydrogen) atoms. The number of aromatic nitrogens is 3. The third kappa shape index (κ3) is 5.37. The Morgan fingerprint density at radius 3 is 2.67 bits per heavy atom. The van der Waals surface area contributed by atoms with Gasteiger partial charge in [0.2, 0.25) is 0 Å². The summed E-state index contributed by atoms with van der Waals surface area (Å²) in [6.45, 7) is 9.48. The number of anilines is 1. The number of fused-ring (bicyclic) bond motifs is 5. The van der Waals surface area contributed by atoms with Crippen molar-refractivity contribution in [3.8, 4) is 23.0 Å². The molecule has 5 heterocycles. The predicted octanol–water partition coefficient (Wildman–Crippen LogP) is 7.36. The van der Waals surface area contributed by atoms with Crippen LogP contribution in [-0.4, -0.2) is 78.3 Å². The number of nitrogens with zero attached hydrogens (tertiary/aromatic N) is 5. The highest BCUT2D eigenvalue weighted by atomic mass is 19.1. The van der Waals surface area contributed by atoms with E-state index in [0.717, 1.165) is 55.2 Å². The summed E-state index contributed by atoms with van der Waals surface area (Å²) >= 11 is 0. The van der Waals surface area contributed by atoms with Crippen LogP contribution in [-0.2, 0) is 11.2 Å². The maximum absolute atomic E-state index is 17.3. The van der Waals surface area contributed by atoms with Crippen molar-refractivity contribution in [3.63, 3.8) is 0 Å². The lowest BCUT2D eigenvalue weighted by Crippen LogP contribution is -2.43. The zero-order chi connectivity index (χ0) is 33.0. The van der Waals surface area contributed by atoms with Gasteiger partial charge in [-0.2, -0.15) is 9.97 Å². The Balaban J connectivity index is 1.31. The molecule has 0 N–H and O–H groups in total. The van der Waals surface area contributed by atoms with E-state index in [1.165, 1.54) is 19.3 Å². The molecule has 1 saturated carbocycles. The van der Waals surface area contributed by atoms with E-state index >= 15 is 4.39 Å². The summed E-state index contributed by atoms with van der Waals surface area (Å²) in [5, 5.41) is 2.36. The molecule has 1 aliphatic carbocycles. The van der Waals surface area contributed by atoms with E-state index in [0.29, 0.717) is 53.0 Å². The van der Waals surface area contributed by atoms with Gasteiger partial charge in [0, 0.05) is 38.7 Å². The van der Waals surface area contributed by atoms with Gasteiger partial charge in [0.05, 0.1) is 16.6 Å². The number of hydrogen-bond acceptors (Lipinski definition) is 8. The predicted molar refractivity (Wildman–Crippen MR) is 184 cm³/mol. The van der Waals surface area contributed by atoms with Gasteiger partial charge in [0.25, 0.3) is 0 Å². The largest absolute Gasteiger partial charge is 0.468 e. The number of alkyl halides is 1. The van der Waals surface area contributed by atoms with Crippen LogP contribution in [0.15, 0.2) is 36.9 Å². The third-order valence-electron chi connectivity index (χ3n) is 11.1. The zero-order valence-corrected chi connectivity index (χ0v) is 27.8. The monoisotopic (exact) mass is 655 g/mol. The van der Waals surface area contributed by atoms with Gasteiger partial charge in [-0.15, -0.1) is 0 Å². The Hall–Kier alpha value is -3.89. The summed E-state index contributed by atoms with van der Waals surface area (Å²) < 4.78 is 49.4. The van der Waals surface area contributed by atoms with E-state index in [4.69, 9.17) is 29.2 Å². The Labute approximate surface area is 280 Å². The molecule has 4 fully saturated rings. The van der Waals surface area contributed by atoms with E-state index in [9.17, 15) is 4.39 Å². The van der Waals surface area contributed by atoms with Crippen LogP contribution in [0, 0.1) is 17.7 Å². The summed E-state index contributed by atoms with van der Waals surface area (Å²) in [4.78, 5) is 19.2. The molecule has 10 heteroatoms. The molecular formula is C38H43F2N5O3. The number of piperidine rings is 1. The number of hydrogen-bond donors (Lipinski definition) is 0. The van der Waals surface area contributed by atoms with Crippen molar-refractivity contribution in [1.82, 2.24) is 19.9 Å². The van der Waals surface area contributed by atoms with Crippen molar-refractivity contribution in [2.24, 2.45) is 11.8 Å². The first-order chi connectivity index (χ1) is 23.4. The highest BCUT2D eigenvalue weighted by Crippen LogP contribution is 2.44. The Kier molecular flexibility index (Phi) is 8.19.